The van der Waals surface area contributed by atoms with Crippen molar-refractivity contribution in [1.82, 2.24) is 4.90 Å². The Kier molecular flexibility index (Phi) is 6.59. The molecule has 1 amide bonds. The number of furan rings is 1. The van der Waals surface area contributed by atoms with Gasteiger partial charge in [0.15, 0.2) is 0 Å². The first-order chi connectivity index (χ1) is 15.7. The molecule has 0 aliphatic carbocycles. The lowest BCUT2D eigenvalue weighted by molar-refractivity contribution is -0.129. The molecule has 1 fully saturated rings. The van der Waals surface area contributed by atoms with E-state index >= 15 is 0 Å². The highest BCUT2D eigenvalue weighted by Crippen LogP contribution is 2.37. The molecule has 1 saturated heterocycles. The van der Waals surface area contributed by atoms with Gasteiger partial charge in [-0.3, -0.25) is 9.35 Å². The summed E-state index contributed by atoms with van der Waals surface area (Å²) in [5, 5.41) is 8.29. The first-order valence-corrected chi connectivity index (χ1v) is 12.6. The Bertz CT molecular complexity index is 1250. The fourth-order valence-corrected chi connectivity index (χ4v) is 6.28. The van der Waals surface area contributed by atoms with Gasteiger partial charge in [-0.1, -0.05) is 42.5 Å². The van der Waals surface area contributed by atoms with Crippen molar-refractivity contribution in [1.29, 1.82) is 0 Å². The van der Waals surface area contributed by atoms with Crippen LogP contribution in [0.1, 0.15) is 21.7 Å². The fraction of sp³-hybridized carbons (Fsp3) is 0.217. The molecule has 1 aromatic heterocycles. The molecule has 1 aliphatic heterocycles. The lowest BCUT2D eigenvalue weighted by Gasteiger charge is -2.21. The number of hydrogen-bond donors (Lipinski definition) is 2. The number of nitrogens with zero attached hydrogens (tertiary/aromatic N) is 1. The number of carboxylic acids is 1. The number of benzene rings is 2. The Hall–Kier alpha value is -3.08. The van der Waals surface area contributed by atoms with Crippen molar-refractivity contribution in [2.75, 3.05) is 6.54 Å². The van der Waals surface area contributed by atoms with E-state index < -0.39 is 26.0 Å². The second-order valence-electron chi connectivity index (χ2n) is 7.57. The molecule has 10 heteroatoms. The first kappa shape index (κ1) is 23.1. The van der Waals surface area contributed by atoms with Crippen LogP contribution in [0.5, 0.6) is 0 Å². The third kappa shape index (κ3) is 5.29. The van der Waals surface area contributed by atoms with Crippen molar-refractivity contribution in [3.63, 3.8) is 0 Å². The van der Waals surface area contributed by atoms with E-state index in [1.165, 1.54) is 17.0 Å². The lowest BCUT2D eigenvalue weighted by Crippen LogP contribution is -2.40. The van der Waals surface area contributed by atoms with E-state index in [0.717, 1.165) is 17.3 Å². The van der Waals surface area contributed by atoms with Gasteiger partial charge in [0.05, 0.1) is 10.8 Å². The molecule has 2 N–H and O–H groups in total. The molecule has 3 aromatic rings. The second-order valence-corrected chi connectivity index (χ2v) is 10.6. The molecule has 2 heterocycles. The summed E-state index contributed by atoms with van der Waals surface area (Å²) in [4.78, 5) is 25.2. The molecule has 0 radical (unpaired) electrons. The Morgan fingerprint density at radius 2 is 1.73 bits per heavy atom. The van der Waals surface area contributed by atoms with Crippen LogP contribution in [-0.2, 0) is 27.8 Å². The van der Waals surface area contributed by atoms with Crippen LogP contribution in [0.2, 0.25) is 0 Å². The van der Waals surface area contributed by atoms with Crippen LogP contribution < -0.4 is 0 Å². The maximum Gasteiger partial charge on any atom is 0.335 e. The van der Waals surface area contributed by atoms with E-state index in [2.05, 4.69) is 0 Å². The van der Waals surface area contributed by atoms with Crippen LogP contribution in [-0.4, -0.2) is 51.4 Å². The molecule has 4 rings (SSSR count). The minimum atomic E-state index is -4.47. The number of aromatic carboxylic acids is 1. The van der Waals surface area contributed by atoms with Gasteiger partial charge in [-0.25, -0.2) is 4.79 Å². The highest BCUT2D eigenvalue weighted by atomic mass is 32.3. The van der Waals surface area contributed by atoms with Crippen LogP contribution in [0.3, 0.4) is 0 Å². The number of thioether (sulfide) groups is 1. The number of amides is 1. The first-order valence-electron chi connectivity index (χ1n) is 10.1. The summed E-state index contributed by atoms with van der Waals surface area (Å²) >= 11 is 0.887. The smallest absolute Gasteiger partial charge is 0.335 e. The van der Waals surface area contributed by atoms with Crippen LogP contribution in [0.25, 0.3) is 11.3 Å². The van der Waals surface area contributed by atoms with E-state index in [-0.39, 0.29) is 24.4 Å². The average molecular weight is 488 g/mol. The SMILES string of the molecule is O=C(O)c1ccc(-c2ccc(CC3SC(S(=O)(=O)O)N(CCc4ccccc4)C3=O)o2)cc1. The molecule has 2 atom stereocenters. The molecule has 2 aromatic carbocycles. The van der Waals surface area contributed by atoms with E-state index in [0.29, 0.717) is 23.5 Å². The van der Waals surface area contributed by atoms with Crippen molar-refractivity contribution in [3.05, 3.63) is 83.6 Å². The number of rotatable bonds is 8. The summed E-state index contributed by atoms with van der Waals surface area (Å²) in [5.41, 5.74) is 1.79. The van der Waals surface area contributed by atoms with Gasteiger partial charge in [0.1, 0.15) is 11.5 Å². The van der Waals surface area contributed by atoms with Gasteiger partial charge in [0.2, 0.25) is 10.6 Å². The predicted octanol–water partition coefficient (Wildman–Crippen LogP) is 3.55. The van der Waals surface area contributed by atoms with E-state index in [4.69, 9.17) is 9.52 Å². The summed E-state index contributed by atoms with van der Waals surface area (Å²) in [7, 11) is -4.47. The summed E-state index contributed by atoms with van der Waals surface area (Å²) < 4.78 is 38.0. The van der Waals surface area contributed by atoms with Crippen molar-refractivity contribution < 1.29 is 32.1 Å². The maximum atomic E-state index is 13.0. The zero-order chi connectivity index (χ0) is 23.6. The van der Waals surface area contributed by atoms with Crippen LogP contribution >= 0.6 is 11.8 Å². The van der Waals surface area contributed by atoms with Gasteiger partial charge in [-0.05, 0) is 36.2 Å². The standard InChI is InChI=1S/C23H21NO7S2/c25-21-20(14-18-10-11-19(31-18)16-6-8-17(9-7-16)22(26)27)32-23(33(28,29)30)24(21)13-12-15-4-2-1-3-5-15/h1-11,20,23H,12-14H2,(H,26,27)(H,28,29,30). The van der Waals surface area contributed by atoms with Crippen molar-refractivity contribution in [3.8, 4) is 11.3 Å². The Morgan fingerprint density at radius 3 is 2.36 bits per heavy atom. The monoisotopic (exact) mass is 487 g/mol. The number of carboxylic acid groups (broad SMARTS) is 1. The van der Waals surface area contributed by atoms with Crippen molar-refractivity contribution in [2.45, 2.75) is 22.8 Å². The number of carbonyl (C=O) groups is 2. The Morgan fingerprint density at radius 1 is 1.03 bits per heavy atom. The van der Waals surface area contributed by atoms with Gasteiger partial charge in [-0.2, -0.15) is 8.42 Å². The summed E-state index contributed by atoms with van der Waals surface area (Å²) in [6.07, 6.45) is 0.619. The summed E-state index contributed by atoms with van der Waals surface area (Å²) in [6, 6.07) is 19.0. The predicted molar refractivity (Wildman–Crippen MR) is 123 cm³/mol. The van der Waals surface area contributed by atoms with Gasteiger partial charge in [-0.15, -0.1) is 11.8 Å². The molecular weight excluding hydrogens is 466 g/mol. The van der Waals surface area contributed by atoms with Crippen LogP contribution in [0.4, 0.5) is 0 Å². The molecule has 1 aliphatic rings. The molecule has 0 bridgehead atoms. The third-order valence-electron chi connectivity index (χ3n) is 5.30. The maximum absolute atomic E-state index is 13.0. The molecule has 0 spiro atoms. The van der Waals surface area contributed by atoms with Crippen LogP contribution in [0.15, 0.2) is 71.1 Å². The molecule has 33 heavy (non-hydrogen) atoms. The molecule has 2 unspecified atom stereocenters. The van der Waals surface area contributed by atoms with Gasteiger partial charge >= 0.3 is 5.97 Å². The normalized spacial score (nSPS) is 18.6. The minimum absolute atomic E-state index is 0.157. The van der Waals surface area contributed by atoms with Gasteiger partial charge in [0, 0.05) is 18.5 Å². The number of hydrogen-bond acceptors (Lipinski definition) is 6. The zero-order valence-electron chi connectivity index (χ0n) is 17.3. The van der Waals surface area contributed by atoms with Gasteiger partial charge in [0.25, 0.3) is 10.1 Å². The topological polar surface area (TPSA) is 125 Å². The van der Waals surface area contributed by atoms with Crippen molar-refractivity contribution >= 4 is 33.8 Å². The highest BCUT2D eigenvalue weighted by Gasteiger charge is 2.46. The van der Waals surface area contributed by atoms with E-state index in [9.17, 15) is 22.6 Å². The number of carbonyl (C=O) groups excluding carboxylic acids is 1. The second kappa shape index (κ2) is 9.42. The van der Waals surface area contributed by atoms with Crippen molar-refractivity contribution in [2.24, 2.45) is 0 Å². The van der Waals surface area contributed by atoms with E-state index in [1.807, 2.05) is 30.3 Å². The zero-order valence-corrected chi connectivity index (χ0v) is 19.0. The van der Waals surface area contributed by atoms with Gasteiger partial charge < -0.3 is 14.4 Å². The highest BCUT2D eigenvalue weighted by molar-refractivity contribution is 8.12. The van der Waals surface area contributed by atoms with Crippen LogP contribution in [0, 0.1) is 0 Å². The molecular formula is C23H21NO7S2. The minimum Gasteiger partial charge on any atom is -0.478 e. The Labute approximate surface area is 195 Å². The summed E-state index contributed by atoms with van der Waals surface area (Å²) in [6.45, 7) is 0.163. The Balaban J connectivity index is 1.47. The third-order valence-corrected chi connectivity index (χ3v) is 8.31. The lowest BCUT2D eigenvalue weighted by atomic mass is 10.1. The van der Waals surface area contributed by atoms with E-state index in [1.54, 1.807) is 24.3 Å². The molecule has 8 nitrogen and oxygen atoms in total. The largest absolute Gasteiger partial charge is 0.478 e. The fourth-order valence-electron chi connectivity index (χ4n) is 3.64. The molecule has 172 valence electrons. The average Bonchev–Trinajstić information content (AvgIpc) is 3.38. The molecule has 0 saturated carbocycles. The summed E-state index contributed by atoms with van der Waals surface area (Å²) in [5.74, 6) is -0.409. The quantitative estimate of drug-likeness (QED) is 0.462.